The first-order valence-electron chi connectivity index (χ1n) is 10.2. The van der Waals surface area contributed by atoms with Crippen LogP contribution in [0.4, 0.5) is 4.39 Å². The highest BCUT2D eigenvalue weighted by atomic mass is 35.5. The van der Waals surface area contributed by atoms with Gasteiger partial charge >= 0.3 is 5.69 Å². The normalized spacial score (nSPS) is 11.6. The van der Waals surface area contributed by atoms with Crippen LogP contribution in [0, 0.1) is 0 Å². The zero-order valence-electron chi connectivity index (χ0n) is 18.2. The molecule has 172 valence electrons. The molecule has 2 N–H and O–H groups in total. The Morgan fingerprint density at radius 1 is 1.15 bits per heavy atom. The lowest BCUT2D eigenvalue weighted by Gasteiger charge is -2.06. The summed E-state index contributed by atoms with van der Waals surface area (Å²) in [5.41, 5.74) is 8.79. The van der Waals surface area contributed by atoms with E-state index in [1.807, 2.05) is 62.4 Å². The van der Waals surface area contributed by atoms with Gasteiger partial charge in [0.15, 0.2) is 0 Å². The number of rotatable bonds is 7. The Balaban J connectivity index is 0.00000306. The molecule has 0 bridgehead atoms. The Bertz CT molecular complexity index is 1310. The van der Waals surface area contributed by atoms with E-state index in [1.54, 1.807) is 0 Å². The molecule has 0 aliphatic carbocycles. The number of nitrogens with two attached hydrogens (primary N) is 1. The molecular weight excluding hydrogens is 447 g/mol. The molecule has 0 saturated heterocycles. The lowest BCUT2D eigenvalue weighted by molar-refractivity contribution is 0.365. The minimum absolute atomic E-state index is 0. The number of nitrogens with zero attached hydrogens (tertiary/aromatic N) is 5. The Morgan fingerprint density at radius 3 is 2.52 bits per heavy atom. The summed E-state index contributed by atoms with van der Waals surface area (Å²) < 4.78 is 20.7. The van der Waals surface area contributed by atoms with E-state index < -0.39 is 0 Å². The van der Waals surface area contributed by atoms with Crippen LogP contribution in [0.1, 0.15) is 25.7 Å². The van der Waals surface area contributed by atoms with Crippen LogP contribution in [0.15, 0.2) is 76.1 Å². The van der Waals surface area contributed by atoms with Crippen molar-refractivity contribution >= 4 is 12.4 Å². The van der Waals surface area contributed by atoms with Gasteiger partial charge in [-0.1, -0.05) is 55.4 Å². The van der Waals surface area contributed by atoms with E-state index in [0.717, 1.165) is 16.7 Å². The smallest absolute Gasteiger partial charge is 0.339 e. The van der Waals surface area contributed by atoms with Gasteiger partial charge in [-0.05, 0) is 28.8 Å². The highest BCUT2D eigenvalue weighted by molar-refractivity contribution is 5.85. The molecule has 0 fully saturated rings. The second-order valence-electron chi connectivity index (χ2n) is 7.65. The number of hydrogen-bond acceptors (Lipinski definition) is 6. The van der Waals surface area contributed by atoms with Gasteiger partial charge < -0.3 is 10.3 Å². The van der Waals surface area contributed by atoms with Gasteiger partial charge in [0.25, 0.3) is 0 Å². The second-order valence-corrected chi connectivity index (χ2v) is 7.65. The van der Waals surface area contributed by atoms with Gasteiger partial charge in [0, 0.05) is 18.0 Å². The van der Waals surface area contributed by atoms with Crippen LogP contribution in [-0.2, 0) is 6.54 Å². The second kappa shape index (κ2) is 10.4. The van der Waals surface area contributed by atoms with Crippen LogP contribution < -0.4 is 11.4 Å². The van der Waals surface area contributed by atoms with E-state index in [0.29, 0.717) is 23.7 Å². The predicted molar refractivity (Wildman–Crippen MR) is 126 cm³/mol. The fourth-order valence-corrected chi connectivity index (χ4v) is 3.19. The third-order valence-corrected chi connectivity index (χ3v) is 5.04. The standard InChI is InChI=1S/C23H23FN6O2.ClH/c1-15(2)22-27-21(28-32-22)18-8-6-17(7-9-18)19-4-3-5-20(10-19)29-14-26-30(23(29)31)13-16(11-24)12-25;/h3-11,14-15H,12-13,25H2,1-2H3;1H/b16-11+;. The molecule has 2 heterocycles. The predicted octanol–water partition coefficient (Wildman–Crippen LogP) is 4.11. The summed E-state index contributed by atoms with van der Waals surface area (Å²) >= 11 is 0. The summed E-state index contributed by atoms with van der Waals surface area (Å²) in [7, 11) is 0. The maximum Gasteiger partial charge on any atom is 0.350 e. The van der Waals surface area contributed by atoms with Crippen molar-refractivity contribution < 1.29 is 8.91 Å². The highest BCUT2D eigenvalue weighted by Gasteiger charge is 2.12. The minimum atomic E-state index is -0.372. The van der Waals surface area contributed by atoms with Gasteiger partial charge in [-0.25, -0.2) is 18.4 Å². The van der Waals surface area contributed by atoms with E-state index in [1.165, 1.54) is 15.6 Å². The Labute approximate surface area is 196 Å². The molecule has 2 aromatic heterocycles. The maximum atomic E-state index is 12.8. The fraction of sp³-hybridized carbons (Fsp3) is 0.217. The van der Waals surface area contributed by atoms with Gasteiger partial charge in [-0.2, -0.15) is 10.1 Å². The lowest BCUT2D eigenvalue weighted by Crippen LogP contribution is -2.25. The molecule has 10 heteroatoms. The molecule has 2 aromatic carbocycles. The van der Waals surface area contributed by atoms with Crippen LogP contribution in [0.2, 0.25) is 0 Å². The summed E-state index contributed by atoms with van der Waals surface area (Å²) in [5.74, 6) is 1.32. The van der Waals surface area contributed by atoms with Crippen LogP contribution in [-0.4, -0.2) is 31.0 Å². The highest BCUT2D eigenvalue weighted by Crippen LogP contribution is 2.25. The van der Waals surface area contributed by atoms with Crippen molar-refractivity contribution in [2.45, 2.75) is 26.3 Å². The Hall–Kier alpha value is -3.56. The number of hydrogen-bond donors (Lipinski definition) is 1. The van der Waals surface area contributed by atoms with E-state index in [4.69, 9.17) is 10.3 Å². The van der Waals surface area contributed by atoms with Gasteiger partial charge in [-0.3, -0.25) is 0 Å². The van der Waals surface area contributed by atoms with Crippen molar-refractivity contribution in [3.05, 3.63) is 83.1 Å². The molecule has 0 unspecified atom stereocenters. The molecule has 0 amide bonds. The van der Waals surface area contributed by atoms with Crippen molar-refractivity contribution in [1.82, 2.24) is 24.5 Å². The molecule has 0 radical (unpaired) electrons. The average Bonchev–Trinajstić information content (AvgIpc) is 3.45. The zero-order valence-corrected chi connectivity index (χ0v) is 19.0. The first kappa shape index (κ1) is 24.1. The van der Waals surface area contributed by atoms with Crippen LogP contribution in [0.5, 0.6) is 0 Å². The molecule has 0 spiro atoms. The summed E-state index contributed by atoms with van der Waals surface area (Å²) in [6.45, 7) is 4.02. The van der Waals surface area contributed by atoms with Crippen LogP contribution in [0.25, 0.3) is 28.2 Å². The van der Waals surface area contributed by atoms with Crippen molar-refractivity contribution in [3.63, 3.8) is 0 Å². The average molecular weight is 471 g/mol. The van der Waals surface area contributed by atoms with Crippen molar-refractivity contribution in [2.24, 2.45) is 5.73 Å². The van der Waals surface area contributed by atoms with Gasteiger partial charge in [0.2, 0.25) is 11.7 Å². The zero-order chi connectivity index (χ0) is 22.7. The van der Waals surface area contributed by atoms with E-state index in [-0.39, 0.29) is 42.7 Å². The molecule has 0 saturated carbocycles. The number of halogens is 2. The van der Waals surface area contributed by atoms with Crippen LogP contribution in [0.3, 0.4) is 0 Å². The third-order valence-electron chi connectivity index (χ3n) is 5.04. The van der Waals surface area contributed by atoms with Gasteiger partial charge in [0.05, 0.1) is 18.6 Å². The lowest BCUT2D eigenvalue weighted by atomic mass is 10.0. The van der Waals surface area contributed by atoms with Crippen molar-refractivity contribution in [1.29, 1.82) is 0 Å². The van der Waals surface area contributed by atoms with E-state index >= 15 is 0 Å². The quantitative estimate of drug-likeness (QED) is 0.436. The van der Waals surface area contributed by atoms with Gasteiger partial charge in [-0.15, -0.1) is 12.4 Å². The monoisotopic (exact) mass is 470 g/mol. The third kappa shape index (κ3) is 5.10. The topological polar surface area (TPSA) is 105 Å². The van der Waals surface area contributed by atoms with Gasteiger partial charge in [0.1, 0.15) is 6.33 Å². The number of aromatic nitrogens is 5. The Morgan fingerprint density at radius 2 is 1.88 bits per heavy atom. The molecule has 0 atom stereocenters. The van der Waals surface area contributed by atoms with Crippen molar-refractivity contribution in [2.75, 3.05) is 6.54 Å². The molecular formula is C23H24ClFN6O2. The fourth-order valence-electron chi connectivity index (χ4n) is 3.19. The number of benzene rings is 2. The maximum absolute atomic E-state index is 12.8. The molecule has 8 nitrogen and oxygen atoms in total. The summed E-state index contributed by atoms with van der Waals surface area (Å²) in [4.78, 5) is 17.1. The summed E-state index contributed by atoms with van der Waals surface area (Å²) in [6, 6.07) is 15.3. The molecule has 0 aliphatic heterocycles. The first-order valence-corrected chi connectivity index (χ1v) is 10.2. The summed E-state index contributed by atoms with van der Waals surface area (Å²) in [6.07, 6.45) is 1.83. The Kier molecular flexibility index (Phi) is 7.57. The summed E-state index contributed by atoms with van der Waals surface area (Å²) in [5, 5.41) is 8.11. The SMILES string of the molecule is CC(C)c1nc(-c2ccc(-c3cccc(-n4cnn(C/C(=C/F)CN)c4=O)c3)cc2)no1.Cl. The first-order chi connectivity index (χ1) is 15.5. The van der Waals surface area contributed by atoms with E-state index in [2.05, 4.69) is 15.2 Å². The molecule has 0 aliphatic rings. The van der Waals surface area contributed by atoms with Crippen molar-refractivity contribution in [3.8, 4) is 28.2 Å². The van der Waals surface area contributed by atoms with Crippen LogP contribution >= 0.6 is 12.4 Å². The molecule has 4 rings (SSSR count). The minimum Gasteiger partial charge on any atom is -0.339 e. The van der Waals surface area contributed by atoms with E-state index in [9.17, 15) is 9.18 Å². The molecule has 33 heavy (non-hydrogen) atoms. The largest absolute Gasteiger partial charge is 0.350 e. The molecule has 4 aromatic rings.